The number of aliphatic carboxylic acids is 1. The molecule has 74 valence electrons. The molecule has 1 heterocycles. The van der Waals surface area contributed by atoms with E-state index in [2.05, 4.69) is 0 Å². The smallest absolute Gasteiger partial charge is 0.345 e. The number of carboxylic acids is 1. The molecule has 0 fully saturated rings. The molecule has 0 aromatic heterocycles. The summed E-state index contributed by atoms with van der Waals surface area (Å²) >= 11 is 5.81. The van der Waals surface area contributed by atoms with Crippen LogP contribution in [0.25, 0.3) is 0 Å². The zero-order valence-electron chi connectivity index (χ0n) is 7.53. The number of hydrogen-bond acceptors (Lipinski definition) is 2. The maximum Gasteiger partial charge on any atom is 0.345 e. The molecule has 2 rings (SSSR count). The van der Waals surface area contributed by atoms with Gasteiger partial charge in [-0.15, -0.1) is 0 Å². The first-order valence-electron chi connectivity index (χ1n) is 4.28. The highest BCUT2D eigenvalue weighted by Crippen LogP contribution is 2.39. The lowest BCUT2D eigenvalue weighted by Crippen LogP contribution is -2.27. The SMILES string of the molecule is C[C@H]1c2cc(Cl)ccc2O[C@@H]1C(=O)O. The first kappa shape index (κ1) is 9.34. The fourth-order valence-corrected chi connectivity index (χ4v) is 1.83. The fourth-order valence-electron chi connectivity index (χ4n) is 1.65. The van der Waals surface area contributed by atoms with Gasteiger partial charge < -0.3 is 9.84 Å². The van der Waals surface area contributed by atoms with Crippen molar-refractivity contribution in [2.24, 2.45) is 0 Å². The van der Waals surface area contributed by atoms with E-state index >= 15 is 0 Å². The van der Waals surface area contributed by atoms with Gasteiger partial charge in [0, 0.05) is 16.5 Å². The molecule has 0 amide bonds. The molecule has 0 saturated heterocycles. The van der Waals surface area contributed by atoms with Crippen molar-refractivity contribution < 1.29 is 14.6 Å². The second-order valence-electron chi connectivity index (χ2n) is 3.35. The van der Waals surface area contributed by atoms with Crippen molar-refractivity contribution in [3.8, 4) is 5.75 Å². The number of rotatable bonds is 1. The second kappa shape index (κ2) is 3.17. The standard InChI is InChI=1S/C10H9ClO3/c1-5-7-4-6(11)2-3-8(7)14-9(5)10(12)13/h2-5,9H,1H3,(H,12,13)/t5-,9-/m0/s1. The molecule has 1 aromatic carbocycles. The van der Waals surface area contributed by atoms with Crippen LogP contribution in [0, 0.1) is 0 Å². The number of carboxylic acid groups (broad SMARTS) is 1. The van der Waals surface area contributed by atoms with Crippen molar-refractivity contribution >= 4 is 17.6 Å². The monoisotopic (exact) mass is 212 g/mol. The molecule has 0 radical (unpaired) electrons. The van der Waals surface area contributed by atoms with Gasteiger partial charge in [-0.05, 0) is 18.2 Å². The minimum Gasteiger partial charge on any atom is -0.478 e. The largest absolute Gasteiger partial charge is 0.478 e. The van der Waals surface area contributed by atoms with Crippen LogP contribution in [-0.4, -0.2) is 17.2 Å². The molecule has 2 atom stereocenters. The van der Waals surface area contributed by atoms with Crippen molar-refractivity contribution in [2.75, 3.05) is 0 Å². The van der Waals surface area contributed by atoms with Gasteiger partial charge in [-0.1, -0.05) is 18.5 Å². The maximum absolute atomic E-state index is 10.8. The number of hydrogen-bond donors (Lipinski definition) is 1. The van der Waals surface area contributed by atoms with Crippen LogP contribution in [0.15, 0.2) is 18.2 Å². The topological polar surface area (TPSA) is 46.5 Å². The van der Waals surface area contributed by atoms with Gasteiger partial charge in [0.05, 0.1) is 0 Å². The summed E-state index contributed by atoms with van der Waals surface area (Å²) in [6.07, 6.45) is -0.788. The highest BCUT2D eigenvalue weighted by atomic mass is 35.5. The lowest BCUT2D eigenvalue weighted by atomic mass is 9.98. The van der Waals surface area contributed by atoms with E-state index in [1.54, 1.807) is 18.2 Å². The molecule has 4 heteroatoms. The van der Waals surface area contributed by atoms with Crippen molar-refractivity contribution in [2.45, 2.75) is 18.9 Å². The summed E-state index contributed by atoms with van der Waals surface area (Å²) in [5.74, 6) is -0.472. The Bertz CT molecular complexity index is 389. The Labute approximate surface area is 86.3 Å². The summed E-state index contributed by atoms with van der Waals surface area (Å²) in [7, 11) is 0. The molecule has 1 aromatic rings. The molecule has 0 saturated carbocycles. The molecule has 1 aliphatic rings. The molecular formula is C10H9ClO3. The number of benzene rings is 1. The minimum atomic E-state index is -0.940. The zero-order chi connectivity index (χ0) is 10.3. The van der Waals surface area contributed by atoms with Crippen molar-refractivity contribution in [1.82, 2.24) is 0 Å². The van der Waals surface area contributed by atoms with Gasteiger partial charge in [-0.25, -0.2) is 4.79 Å². The molecule has 14 heavy (non-hydrogen) atoms. The lowest BCUT2D eigenvalue weighted by Gasteiger charge is -2.08. The Morgan fingerprint density at radius 3 is 2.93 bits per heavy atom. The van der Waals surface area contributed by atoms with Crippen LogP contribution in [0.2, 0.25) is 5.02 Å². The van der Waals surface area contributed by atoms with E-state index in [9.17, 15) is 4.79 Å². The summed E-state index contributed by atoms with van der Waals surface area (Å²) in [4.78, 5) is 10.8. The molecule has 1 aliphatic heterocycles. The van der Waals surface area contributed by atoms with E-state index in [-0.39, 0.29) is 5.92 Å². The first-order chi connectivity index (χ1) is 6.59. The van der Waals surface area contributed by atoms with Crippen molar-refractivity contribution in [1.29, 1.82) is 0 Å². The van der Waals surface area contributed by atoms with E-state index in [1.807, 2.05) is 6.92 Å². The van der Waals surface area contributed by atoms with Crippen LogP contribution >= 0.6 is 11.6 Å². The average Bonchev–Trinajstić information content (AvgIpc) is 2.44. The first-order valence-corrected chi connectivity index (χ1v) is 4.66. The van der Waals surface area contributed by atoms with E-state index < -0.39 is 12.1 Å². The molecule has 0 bridgehead atoms. The zero-order valence-corrected chi connectivity index (χ0v) is 8.28. The Morgan fingerprint density at radius 1 is 1.57 bits per heavy atom. The Balaban J connectivity index is 2.41. The van der Waals surface area contributed by atoms with Crippen LogP contribution in [0.5, 0.6) is 5.75 Å². The predicted octanol–water partition coefficient (Wildman–Crippen LogP) is 2.29. The molecular weight excluding hydrogens is 204 g/mol. The summed E-state index contributed by atoms with van der Waals surface area (Å²) < 4.78 is 5.28. The summed E-state index contributed by atoms with van der Waals surface area (Å²) in [5.41, 5.74) is 0.866. The number of fused-ring (bicyclic) bond motifs is 1. The van der Waals surface area contributed by atoms with Crippen molar-refractivity contribution in [3.63, 3.8) is 0 Å². The third-order valence-corrected chi connectivity index (χ3v) is 2.65. The van der Waals surface area contributed by atoms with E-state index in [1.165, 1.54) is 0 Å². The van der Waals surface area contributed by atoms with Crippen LogP contribution in [0.4, 0.5) is 0 Å². The van der Waals surface area contributed by atoms with Crippen LogP contribution < -0.4 is 4.74 Å². The van der Waals surface area contributed by atoms with Gasteiger partial charge in [0.15, 0.2) is 0 Å². The Kier molecular flexibility index (Phi) is 2.11. The third-order valence-electron chi connectivity index (χ3n) is 2.41. The molecule has 0 aliphatic carbocycles. The number of halogens is 1. The van der Waals surface area contributed by atoms with Gasteiger partial charge in [0.2, 0.25) is 6.10 Å². The highest BCUT2D eigenvalue weighted by Gasteiger charge is 2.36. The number of ether oxygens (including phenoxy) is 1. The molecule has 0 unspecified atom stereocenters. The van der Waals surface area contributed by atoms with E-state index in [0.29, 0.717) is 10.8 Å². The molecule has 3 nitrogen and oxygen atoms in total. The third kappa shape index (κ3) is 1.34. The van der Waals surface area contributed by atoms with Gasteiger partial charge >= 0.3 is 5.97 Å². The van der Waals surface area contributed by atoms with Crippen LogP contribution in [0.1, 0.15) is 18.4 Å². The minimum absolute atomic E-state index is 0.152. The summed E-state index contributed by atoms with van der Waals surface area (Å²) in [6, 6.07) is 5.15. The molecule has 1 N–H and O–H groups in total. The van der Waals surface area contributed by atoms with Gasteiger partial charge in [-0.3, -0.25) is 0 Å². The second-order valence-corrected chi connectivity index (χ2v) is 3.78. The highest BCUT2D eigenvalue weighted by molar-refractivity contribution is 6.30. The quantitative estimate of drug-likeness (QED) is 0.777. The van der Waals surface area contributed by atoms with Crippen LogP contribution in [-0.2, 0) is 4.79 Å². The molecule has 0 spiro atoms. The summed E-state index contributed by atoms with van der Waals surface area (Å²) in [6.45, 7) is 1.82. The Morgan fingerprint density at radius 2 is 2.29 bits per heavy atom. The van der Waals surface area contributed by atoms with Crippen LogP contribution in [0.3, 0.4) is 0 Å². The maximum atomic E-state index is 10.8. The normalized spacial score (nSPS) is 24.1. The Hall–Kier alpha value is -1.22. The van der Waals surface area contributed by atoms with E-state index in [4.69, 9.17) is 21.4 Å². The lowest BCUT2D eigenvalue weighted by molar-refractivity contribution is -0.144. The fraction of sp³-hybridized carbons (Fsp3) is 0.300. The van der Waals surface area contributed by atoms with Gasteiger partial charge in [0.25, 0.3) is 0 Å². The summed E-state index contributed by atoms with van der Waals surface area (Å²) in [5, 5.41) is 9.47. The van der Waals surface area contributed by atoms with Gasteiger partial charge in [0.1, 0.15) is 5.75 Å². The predicted molar refractivity (Wildman–Crippen MR) is 51.9 cm³/mol. The van der Waals surface area contributed by atoms with E-state index in [0.717, 1.165) is 5.56 Å². The average molecular weight is 213 g/mol. The van der Waals surface area contributed by atoms with Crippen molar-refractivity contribution in [3.05, 3.63) is 28.8 Å². The number of carbonyl (C=O) groups is 1. The van der Waals surface area contributed by atoms with Gasteiger partial charge in [-0.2, -0.15) is 0 Å².